The lowest BCUT2D eigenvalue weighted by atomic mass is 10.0. The Morgan fingerprint density at radius 1 is 1.29 bits per heavy atom. The number of allylic oxidation sites excluding steroid dienone is 1. The molecule has 0 saturated carbocycles. The lowest BCUT2D eigenvalue weighted by Gasteiger charge is -2.30. The van der Waals surface area contributed by atoms with Crippen LogP contribution in [0.5, 0.6) is 0 Å². The van der Waals surface area contributed by atoms with Crippen molar-refractivity contribution in [1.82, 2.24) is 9.97 Å². The molecule has 0 bridgehead atoms. The van der Waals surface area contributed by atoms with Crippen LogP contribution in [0.1, 0.15) is 18.4 Å². The Morgan fingerprint density at radius 3 is 2.88 bits per heavy atom. The summed E-state index contributed by atoms with van der Waals surface area (Å²) < 4.78 is 13.0. The fourth-order valence-electron chi connectivity index (χ4n) is 2.59. The molecular formula is C18H17FN4O. The second-order valence-electron chi connectivity index (χ2n) is 5.44. The van der Waals surface area contributed by atoms with Crippen LogP contribution < -0.4 is 10.4 Å². The van der Waals surface area contributed by atoms with Gasteiger partial charge in [-0.3, -0.25) is 15.7 Å². The van der Waals surface area contributed by atoms with E-state index < -0.39 is 0 Å². The first-order valence-corrected chi connectivity index (χ1v) is 7.66. The van der Waals surface area contributed by atoms with Gasteiger partial charge in [-0.25, -0.2) is 9.37 Å². The Hall–Kier alpha value is -2.91. The van der Waals surface area contributed by atoms with Gasteiger partial charge in [-0.05, 0) is 37.1 Å². The van der Waals surface area contributed by atoms with Gasteiger partial charge in [-0.2, -0.15) is 0 Å². The molecule has 1 aliphatic rings. The van der Waals surface area contributed by atoms with Gasteiger partial charge in [0.2, 0.25) is 0 Å². The van der Waals surface area contributed by atoms with E-state index in [1.54, 1.807) is 24.5 Å². The quantitative estimate of drug-likeness (QED) is 0.657. The van der Waals surface area contributed by atoms with E-state index in [2.05, 4.69) is 32.2 Å². The van der Waals surface area contributed by atoms with Gasteiger partial charge in [0.1, 0.15) is 11.5 Å². The van der Waals surface area contributed by atoms with Crippen LogP contribution in [0.15, 0.2) is 48.4 Å². The van der Waals surface area contributed by atoms with Crippen LogP contribution in [-0.4, -0.2) is 28.3 Å². The van der Waals surface area contributed by atoms with E-state index in [0.717, 1.165) is 37.9 Å². The molecule has 2 aromatic rings. The SMILES string of the molecule is ONc1cccnc1N1CCC(=CC#Cc2cncc(F)c2)CC1. The van der Waals surface area contributed by atoms with E-state index in [0.29, 0.717) is 11.3 Å². The topological polar surface area (TPSA) is 61.3 Å². The first-order chi connectivity index (χ1) is 11.8. The Morgan fingerprint density at radius 2 is 2.12 bits per heavy atom. The molecule has 1 fully saturated rings. The molecule has 0 spiro atoms. The highest BCUT2D eigenvalue weighted by Gasteiger charge is 2.17. The molecule has 0 amide bonds. The van der Waals surface area contributed by atoms with E-state index in [9.17, 15) is 4.39 Å². The molecule has 3 heterocycles. The lowest BCUT2D eigenvalue weighted by Crippen LogP contribution is -2.31. The van der Waals surface area contributed by atoms with E-state index in [-0.39, 0.29) is 5.82 Å². The number of piperidine rings is 1. The minimum absolute atomic E-state index is 0.383. The second kappa shape index (κ2) is 7.57. The number of rotatable bonds is 2. The molecule has 0 radical (unpaired) electrons. The maximum atomic E-state index is 13.0. The molecule has 5 nitrogen and oxygen atoms in total. The lowest BCUT2D eigenvalue weighted by molar-refractivity contribution is 0.388. The van der Waals surface area contributed by atoms with E-state index in [1.807, 2.05) is 6.08 Å². The van der Waals surface area contributed by atoms with Crippen LogP contribution in [0.4, 0.5) is 15.9 Å². The van der Waals surface area contributed by atoms with Crippen molar-refractivity contribution in [1.29, 1.82) is 0 Å². The molecule has 3 rings (SSSR count). The van der Waals surface area contributed by atoms with Crippen molar-refractivity contribution in [3.05, 3.63) is 59.8 Å². The molecule has 2 N–H and O–H groups in total. The molecule has 122 valence electrons. The van der Waals surface area contributed by atoms with Crippen molar-refractivity contribution in [2.75, 3.05) is 23.5 Å². The largest absolute Gasteiger partial charge is 0.354 e. The highest BCUT2D eigenvalue weighted by atomic mass is 19.1. The maximum absolute atomic E-state index is 13.0. The number of halogens is 1. The Balaban J connectivity index is 1.63. The third-order valence-electron chi connectivity index (χ3n) is 3.81. The van der Waals surface area contributed by atoms with Crippen molar-refractivity contribution in [3.63, 3.8) is 0 Å². The molecule has 1 aliphatic heterocycles. The first-order valence-electron chi connectivity index (χ1n) is 7.66. The zero-order valence-corrected chi connectivity index (χ0v) is 13.0. The van der Waals surface area contributed by atoms with Crippen molar-refractivity contribution in [2.24, 2.45) is 0 Å². The monoisotopic (exact) mass is 324 g/mol. The number of aromatic nitrogens is 2. The molecule has 24 heavy (non-hydrogen) atoms. The van der Waals surface area contributed by atoms with Crippen LogP contribution in [-0.2, 0) is 0 Å². The van der Waals surface area contributed by atoms with Crippen LogP contribution in [0.3, 0.4) is 0 Å². The Labute approximate surface area is 139 Å². The minimum atomic E-state index is -0.383. The summed E-state index contributed by atoms with van der Waals surface area (Å²) >= 11 is 0. The molecule has 0 atom stereocenters. The molecule has 0 aliphatic carbocycles. The van der Waals surface area contributed by atoms with Crippen LogP contribution in [0, 0.1) is 17.7 Å². The van der Waals surface area contributed by atoms with E-state index >= 15 is 0 Å². The average Bonchev–Trinajstić information content (AvgIpc) is 2.62. The normalized spacial score (nSPS) is 13.9. The van der Waals surface area contributed by atoms with E-state index in [1.165, 1.54) is 11.6 Å². The van der Waals surface area contributed by atoms with Crippen LogP contribution >= 0.6 is 0 Å². The van der Waals surface area contributed by atoms with Crippen LogP contribution in [0.2, 0.25) is 0 Å². The molecule has 1 saturated heterocycles. The van der Waals surface area contributed by atoms with Crippen molar-refractivity contribution in [3.8, 4) is 11.8 Å². The summed E-state index contributed by atoms with van der Waals surface area (Å²) in [7, 11) is 0. The molecule has 0 aromatic carbocycles. The fraction of sp³-hybridized carbons (Fsp3) is 0.222. The molecule has 6 heteroatoms. The third-order valence-corrected chi connectivity index (χ3v) is 3.81. The van der Waals surface area contributed by atoms with Gasteiger partial charge in [0.05, 0.1) is 6.20 Å². The summed E-state index contributed by atoms with van der Waals surface area (Å²) in [5.74, 6) is 6.23. The van der Waals surface area contributed by atoms with Gasteiger partial charge in [0.25, 0.3) is 0 Å². The van der Waals surface area contributed by atoms with Gasteiger partial charge >= 0.3 is 0 Å². The van der Waals surface area contributed by atoms with Gasteiger partial charge < -0.3 is 4.90 Å². The summed E-state index contributed by atoms with van der Waals surface area (Å²) in [6, 6.07) is 4.92. The zero-order valence-electron chi connectivity index (χ0n) is 13.0. The zero-order chi connectivity index (χ0) is 16.8. The van der Waals surface area contributed by atoms with E-state index in [4.69, 9.17) is 5.21 Å². The maximum Gasteiger partial charge on any atom is 0.154 e. The molecular weight excluding hydrogens is 307 g/mol. The van der Waals surface area contributed by atoms with Crippen molar-refractivity contribution in [2.45, 2.75) is 12.8 Å². The third kappa shape index (κ3) is 3.89. The fourth-order valence-corrected chi connectivity index (χ4v) is 2.59. The van der Waals surface area contributed by atoms with Crippen molar-refractivity contribution < 1.29 is 9.60 Å². The first kappa shape index (κ1) is 16.0. The predicted molar refractivity (Wildman–Crippen MR) is 90.2 cm³/mol. The summed E-state index contributed by atoms with van der Waals surface area (Å²) in [6.45, 7) is 1.61. The summed E-state index contributed by atoms with van der Waals surface area (Å²) in [5, 5.41) is 9.17. The number of nitrogens with one attached hydrogen (secondary N) is 1. The van der Waals surface area contributed by atoms with Gasteiger partial charge in [-0.15, -0.1) is 0 Å². The molecule has 2 aromatic heterocycles. The number of nitrogens with zero attached hydrogens (tertiary/aromatic N) is 3. The highest BCUT2D eigenvalue weighted by molar-refractivity contribution is 5.64. The number of pyridine rings is 2. The standard InChI is InChI=1S/C18H17FN4O/c19-16-11-15(12-20-13-16)4-1-3-14-6-9-23(10-7-14)18-17(22-24)5-2-8-21-18/h2-3,5,8,11-13,22,24H,6-7,9-10H2. The van der Waals surface area contributed by atoms with Gasteiger partial charge in [-0.1, -0.05) is 17.4 Å². The second-order valence-corrected chi connectivity index (χ2v) is 5.44. The van der Waals surface area contributed by atoms with Gasteiger partial charge in [0.15, 0.2) is 5.82 Å². The summed E-state index contributed by atoms with van der Waals surface area (Å²) in [6.07, 6.45) is 8.05. The van der Waals surface area contributed by atoms with Crippen LogP contribution in [0.25, 0.3) is 0 Å². The highest BCUT2D eigenvalue weighted by Crippen LogP contribution is 2.26. The van der Waals surface area contributed by atoms with Gasteiger partial charge in [0, 0.05) is 31.0 Å². The predicted octanol–water partition coefficient (Wildman–Crippen LogP) is 3.00. The summed E-state index contributed by atoms with van der Waals surface area (Å²) in [4.78, 5) is 10.2. The Kier molecular flexibility index (Phi) is 5.04. The smallest absolute Gasteiger partial charge is 0.154 e. The van der Waals surface area contributed by atoms with Crippen molar-refractivity contribution >= 4 is 11.5 Å². The number of hydrogen-bond acceptors (Lipinski definition) is 5. The number of anilines is 2. The average molecular weight is 324 g/mol. The minimum Gasteiger partial charge on any atom is -0.354 e. The summed E-state index contributed by atoms with van der Waals surface area (Å²) in [5.41, 5.74) is 4.60. The molecule has 0 unspecified atom stereocenters. The number of hydrogen-bond donors (Lipinski definition) is 2. The Bertz CT molecular complexity index is 800.